The second kappa shape index (κ2) is 18.1. The highest BCUT2D eigenvalue weighted by molar-refractivity contribution is 5.94. The maximum absolute atomic E-state index is 14.0. The van der Waals surface area contributed by atoms with E-state index in [0.717, 1.165) is 53.9 Å². The number of aliphatic hydroxyl groups excluding tert-OH is 1. The lowest BCUT2D eigenvalue weighted by Gasteiger charge is -2.29. The van der Waals surface area contributed by atoms with Gasteiger partial charge in [0.05, 0.1) is 17.7 Å². The number of benzene rings is 5. The highest BCUT2D eigenvalue weighted by atomic mass is 16.6. The number of phenols is 1. The van der Waals surface area contributed by atoms with Crippen molar-refractivity contribution in [2.75, 3.05) is 39.3 Å². The number of ether oxygens (including phenoxy) is 2. The van der Waals surface area contributed by atoms with E-state index in [4.69, 9.17) is 9.47 Å². The number of carbonyl (C=O) groups is 2. The quantitative estimate of drug-likeness (QED) is 0.0611. The Balaban J connectivity index is 0.815. The number of nitrogens with one attached hydrogen (secondary N) is 3. The normalized spacial score (nSPS) is 20.4. The Hall–Kier alpha value is -6.47. The molecule has 1 aromatic heterocycles. The van der Waals surface area contributed by atoms with Gasteiger partial charge < -0.3 is 40.2 Å². The van der Waals surface area contributed by atoms with Gasteiger partial charge in [-0.2, -0.15) is 0 Å². The zero-order valence-electron chi connectivity index (χ0n) is 35.3. The number of piperidine rings is 3. The highest BCUT2D eigenvalue weighted by Gasteiger charge is 2.74. The number of aromatic nitrogens is 1. The van der Waals surface area contributed by atoms with E-state index in [1.807, 2.05) is 109 Å². The largest absolute Gasteiger partial charge is 0.506 e. The fraction of sp³-hybridized carbons (Fsp3) is 0.314. The minimum atomic E-state index is -0.880. The molecule has 1 aliphatic carbocycles. The van der Waals surface area contributed by atoms with Gasteiger partial charge in [0.1, 0.15) is 23.7 Å². The number of amides is 2. The van der Waals surface area contributed by atoms with Crippen LogP contribution in [0, 0.1) is 18.8 Å². The Morgan fingerprint density at radius 1 is 0.905 bits per heavy atom. The SMILES string of the molecule is Cc1cccc(CN(CCCNC[C@H](O)c2ccc(O)c3[nH]c(=O)ccc23)C(=O)c2ccc(COc3cccc([C@@H](NC(=O)O[C@]45CN6CCC4C5C6)c4ccccc4)c3)cc2)c1. The van der Waals surface area contributed by atoms with E-state index >= 15 is 0 Å². The summed E-state index contributed by atoms with van der Waals surface area (Å²) in [5.41, 5.74) is 5.65. The third-order valence-electron chi connectivity index (χ3n) is 12.9. The minimum absolute atomic E-state index is 0.0585. The Morgan fingerprint density at radius 3 is 2.48 bits per heavy atom. The van der Waals surface area contributed by atoms with Crippen molar-refractivity contribution in [1.29, 1.82) is 0 Å². The third-order valence-corrected chi connectivity index (χ3v) is 12.9. The highest BCUT2D eigenvalue weighted by Crippen LogP contribution is 2.62. The average molecular weight is 848 g/mol. The number of H-pyrrole nitrogens is 1. The predicted octanol–water partition coefficient (Wildman–Crippen LogP) is 7.00. The number of aromatic amines is 1. The van der Waals surface area contributed by atoms with Gasteiger partial charge in [-0.05, 0) is 97.1 Å². The number of hydrogen-bond acceptors (Lipinski definition) is 9. The van der Waals surface area contributed by atoms with Crippen LogP contribution < -0.4 is 20.9 Å². The van der Waals surface area contributed by atoms with Crippen molar-refractivity contribution in [3.63, 3.8) is 0 Å². The molecule has 3 unspecified atom stereocenters. The average Bonchev–Trinajstić information content (AvgIpc) is 3.79. The smallest absolute Gasteiger partial charge is 0.408 e. The fourth-order valence-electron chi connectivity index (χ4n) is 9.68. The summed E-state index contributed by atoms with van der Waals surface area (Å²) in [5.74, 6) is 1.43. The Morgan fingerprint density at radius 2 is 1.71 bits per heavy atom. The van der Waals surface area contributed by atoms with Crippen molar-refractivity contribution < 1.29 is 29.3 Å². The van der Waals surface area contributed by atoms with E-state index in [1.54, 1.807) is 12.1 Å². The van der Waals surface area contributed by atoms with Gasteiger partial charge in [-0.15, -0.1) is 0 Å². The molecule has 3 saturated heterocycles. The topological polar surface area (TPSA) is 156 Å². The van der Waals surface area contributed by atoms with E-state index in [9.17, 15) is 24.6 Å². The van der Waals surface area contributed by atoms with Crippen LogP contribution in [0.1, 0.15) is 68.7 Å². The van der Waals surface area contributed by atoms with Gasteiger partial charge in [0.15, 0.2) is 0 Å². The van der Waals surface area contributed by atoms with Crippen LogP contribution in [0.4, 0.5) is 4.79 Å². The summed E-state index contributed by atoms with van der Waals surface area (Å²) in [6.45, 7) is 6.98. The van der Waals surface area contributed by atoms with Gasteiger partial charge in [0, 0.05) is 61.6 Å². The monoisotopic (exact) mass is 847 g/mol. The number of carbonyl (C=O) groups excluding carboxylic acids is 2. The maximum atomic E-state index is 14.0. The van der Waals surface area contributed by atoms with Crippen LogP contribution in [-0.4, -0.2) is 81.9 Å². The van der Waals surface area contributed by atoms with Gasteiger partial charge in [-0.25, -0.2) is 4.79 Å². The van der Waals surface area contributed by atoms with E-state index in [0.29, 0.717) is 60.2 Å². The van der Waals surface area contributed by atoms with E-state index < -0.39 is 18.2 Å². The lowest BCUT2D eigenvalue weighted by atomic mass is 9.98. The van der Waals surface area contributed by atoms with Gasteiger partial charge >= 0.3 is 6.09 Å². The first kappa shape index (κ1) is 41.9. The Bertz CT molecular complexity index is 2650. The molecule has 0 radical (unpaired) electrons. The van der Waals surface area contributed by atoms with E-state index in [2.05, 4.69) is 26.6 Å². The second-order valence-corrected chi connectivity index (χ2v) is 17.2. The molecule has 12 nitrogen and oxygen atoms in total. The number of aromatic hydroxyl groups is 1. The van der Waals surface area contributed by atoms with Crippen molar-refractivity contribution in [3.8, 4) is 11.5 Å². The first-order valence-corrected chi connectivity index (χ1v) is 21.8. The van der Waals surface area contributed by atoms with Crippen molar-refractivity contribution in [2.45, 2.75) is 50.7 Å². The lowest BCUT2D eigenvalue weighted by molar-refractivity contribution is 0.0436. The van der Waals surface area contributed by atoms with E-state index in [-0.39, 0.29) is 41.5 Å². The van der Waals surface area contributed by atoms with Crippen LogP contribution >= 0.6 is 0 Å². The number of aryl methyl sites for hydroxylation is 1. The molecular formula is C51H53N5O7. The molecule has 2 amide bonds. The summed E-state index contributed by atoms with van der Waals surface area (Å²) in [7, 11) is 0. The molecule has 63 heavy (non-hydrogen) atoms. The zero-order chi connectivity index (χ0) is 43.5. The number of pyridine rings is 1. The molecule has 0 spiro atoms. The van der Waals surface area contributed by atoms with Gasteiger partial charge in [0.25, 0.3) is 5.91 Å². The first-order valence-electron chi connectivity index (χ1n) is 21.8. The van der Waals surface area contributed by atoms with Crippen LogP contribution in [-0.2, 0) is 17.9 Å². The summed E-state index contributed by atoms with van der Waals surface area (Å²) in [6.07, 6.45) is 0.454. The molecule has 4 aliphatic rings. The fourth-order valence-corrected chi connectivity index (χ4v) is 9.68. The molecule has 1 saturated carbocycles. The minimum Gasteiger partial charge on any atom is -0.506 e. The van der Waals surface area contributed by atoms with Crippen LogP contribution in [0.25, 0.3) is 10.9 Å². The number of hydrogen-bond donors (Lipinski definition) is 5. The molecule has 3 aliphatic heterocycles. The Labute approximate surface area is 366 Å². The molecule has 6 atom stereocenters. The van der Waals surface area contributed by atoms with Crippen LogP contribution in [0.15, 0.2) is 132 Å². The third kappa shape index (κ3) is 9.20. The van der Waals surface area contributed by atoms with E-state index in [1.165, 1.54) is 12.1 Å². The second-order valence-electron chi connectivity index (χ2n) is 17.2. The van der Waals surface area contributed by atoms with Crippen molar-refractivity contribution in [3.05, 3.63) is 177 Å². The molecule has 10 rings (SSSR count). The molecule has 324 valence electrons. The molecule has 6 aromatic rings. The van der Waals surface area contributed by atoms with Crippen LogP contribution in [0.2, 0.25) is 0 Å². The summed E-state index contributed by atoms with van der Waals surface area (Å²) >= 11 is 0. The summed E-state index contributed by atoms with van der Waals surface area (Å²) in [6, 6.07) is 38.9. The lowest BCUT2D eigenvalue weighted by Crippen LogP contribution is -2.42. The number of fused-ring (bicyclic) bond motifs is 2. The number of rotatable bonds is 17. The van der Waals surface area contributed by atoms with Crippen molar-refractivity contribution in [1.82, 2.24) is 25.4 Å². The number of aliphatic hydroxyl groups is 1. The first-order chi connectivity index (χ1) is 30.6. The molecule has 4 heterocycles. The predicted molar refractivity (Wildman–Crippen MR) is 240 cm³/mol. The molecule has 12 heteroatoms. The number of phenolic OH excluding ortho intramolecular Hbond substituents is 1. The van der Waals surface area contributed by atoms with Crippen LogP contribution in [0.5, 0.6) is 11.5 Å². The molecular weight excluding hydrogens is 795 g/mol. The summed E-state index contributed by atoms with van der Waals surface area (Å²) in [5, 5.41) is 28.3. The van der Waals surface area contributed by atoms with Crippen molar-refractivity contribution in [2.24, 2.45) is 11.8 Å². The molecule has 4 bridgehead atoms. The molecule has 5 N–H and O–H groups in total. The number of alkyl carbamates (subject to hydrolysis) is 1. The molecule has 4 fully saturated rings. The molecule has 5 aromatic carbocycles. The van der Waals surface area contributed by atoms with Gasteiger partial charge in [-0.3, -0.25) is 14.5 Å². The van der Waals surface area contributed by atoms with Crippen LogP contribution in [0.3, 0.4) is 0 Å². The standard InChI is InChI=1S/C51H53N5O7/c1-33-8-5-9-35(26-33)29-56(24-7-23-52-28-45(58)40-18-20-44(57)48-41(40)19-21-46(59)53-48)49(60)37-16-14-34(15-17-37)31-62-39-13-6-12-38(27-39)47(36-10-3-2-4-11-36)54-50(61)63-51-32-55-25-22-42(51)43(51)30-55/h2-6,8-21,26-27,42-43,45,47,52,57-58H,7,22-25,28-32H2,1H3,(H,53,59)(H,54,61)/t42?,43?,45-,47-,51+/m0/s1. The van der Waals surface area contributed by atoms with Gasteiger partial charge in [-0.1, -0.05) is 90.5 Å². The van der Waals surface area contributed by atoms with Gasteiger partial charge in [0.2, 0.25) is 5.56 Å². The number of nitrogens with zero attached hydrogens (tertiary/aromatic N) is 2. The Kier molecular flexibility index (Phi) is 12.0. The maximum Gasteiger partial charge on any atom is 0.408 e. The zero-order valence-corrected chi connectivity index (χ0v) is 35.3. The van der Waals surface area contributed by atoms with Crippen molar-refractivity contribution >= 4 is 22.9 Å². The summed E-state index contributed by atoms with van der Waals surface area (Å²) < 4.78 is 12.5. The summed E-state index contributed by atoms with van der Waals surface area (Å²) in [4.78, 5) is 46.2.